The lowest BCUT2D eigenvalue weighted by molar-refractivity contribution is -0.0441. The van der Waals surface area contributed by atoms with Crippen LogP contribution in [0.15, 0.2) is 60.7 Å². The van der Waals surface area contributed by atoms with Crippen LogP contribution in [0.4, 0.5) is 0 Å². The average Bonchev–Trinajstić information content (AvgIpc) is 3.24. The van der Waals surface area contributed by atoms with Gasteiger partial charge in [0.2, 0.25) is 0 Å². The van der Waals surface area contributed by atoms with E-state index in [2.05, 4.69) is 65.6 Å². The molecule has 2 aromatic carbocycles. The van der Waals surface area contributed by atoms with E-state index < -0.39 is 0 Å². The van der Waals surface area contributed by atoms with Crippen LogP contribution >= 0.6 is 0 Å². The zero-order valence-electron chi connectivity index (χ0n) is 15.7. The zero-order valence-corrected chi connectivity index (χ0v) is 15.7. The van der Waals surface area contributed by atoms with Gasteiger partial charge in [0, 0.05) is 24.2 Å². The summed E-state index contributed by atoms with van der Waals surface area (Å²) in [6, 6.07) is 20.9. The molecule has 3 aliphatic rings. The van der Waals surface area contributed by atoms with Crippen LogP contribution in [-0.2, 0) is 16.0 Å². The first-order valence-corrected chi connectivity index (χ1v) is 10.2. The molecule has 0 saturated carbocycles. The summed E-state index contributed by atoms with van der Waals surface area (Å²) >= 11 is 0. The zero-order chi connectivity index (χ0) is 18.1. The van der Waals surface area contributed by atoms with Gasteiger partial charge in [0.25, 0.3) is 0 Å². The molecule has 3 nitrogen and oxygen atoms in total. The molecule has 3 heteroatoms. The molecule has 0 spiro atoms. The molecule has 3 aliphatic heterocycles. The maximum atomic E-state index is 5.61. The van der Waals surface area contributed by atoms with E-state index in [0.717, 1.165) is 18.5 Å². The molecule has 140 valence electrons. The van der Waals surface area contributed by atoms with E-state index in [1.54, 1.807) is 0 Å². The molecule has 0 N–H and O–H groups in total. The number of piperidine rings is 1. The van der Waals surface area contributed by atoms with Gasteiger partial charge in [0.15, 0.2) is 6.29 Å². The quantitative estimate of drug-likeness (QED) is 0.770. The third-order valence-corrected chi connectivity index (χ3v) is 6.16. The van der Waals surface area contributed by atoms with Crippen LogP contribution in [-0.4, -0.2) is 30.2 Å². The van der Waals surface area contributed by atoms with Crippen LogP contribution in [0.3, 0.4) is 0 Å². The Kier molecular flexibility index (Phi) is 4.83. The number of nitrogens with zero attached hydrogens (tertiary/aromatic N) is 1. The minimum absolute atomic E-state index is 0.180. The summed E-state index contributed by atoms with van der Waals surface area (Å²) in [5.74, 6) is 0. The van der Waals surface area contributed by atoms with E-state index in [1.165, 1.54) is 36.0 Å². The van der Waals surface area contributed by atoms with Gasteiger partial charge in [0.05, 0.1) is 13.2 Å². The molecule has 2 saturated heterocycles. The van der Waals surface area contributed by atoms with Crippen molar-refractivity contribution in [3.63, 3.8) is 0 Å². The Labute approximate surface area is 161 Å². The topological polar surface area (TPSA) is 21.7 Å². The highest BCUT2D eigenvalue weighted by Crippen LogP contribution is 2.38. The second kappa shape index (κ2) is 7.59. The van der Waals surface area contributed by atoms with Crippen molar-refractivity contribution in [3.8, 4) is 0 Å². The van der Waals surface area contributed by atoms with Crippen molar-refractivity contribution in [3.05, 3.63) is 77.4 Å². The minimum atomic E-state index is -0.180. The fourth-order valence-electron chi connectivity index (χ4n) is 4.78. The molecule has 3 heterocycles. The average molecular weight is 361 g/mol. The molecule has 0 aromatic heterocycles. The Morgan fingerprint density at radius 1 is 0.889 bits per heavy atom. The van der Waals surface area contributed by atoms with Crippen molar-refractivity contribution in [1.29, 1.82) is 0 Å². The lowest BCUT2D eigenvalue weighted by Crippen LogP contribution is -2.47. The number of ether oxygens (including phenoxy) is 2. The number of fused-ring (bicyclic) bond motifs is 2. The molecular formula is C24H27NO2. The summed E-state index contributed by atoms with van der Waals surface area (Å²) < 4.78 is 11.2. The molecule has 0 radical (unpaired) electrons. The Morgan fingerprint density at radius 3 is 2.41 bits per heavy atom. The fraction of sp³-hybridized carbons (Fsp3) is 0.417. The van der Waals surface area contributed by atoms with Gasteiger partial charge in [-0.2, -0.15) is 0 Å². The van der Waals surface area contributed by atoms with E-state index in [9.17, 15) is 0 Å². The van der Waals surface area contributed by atoms with Gasteiger partial charge in [-0.1, -0.05) is 67.1 Å². The van der Waals surface area contributed by atoms with E-state index in [4.69, 9.17) is 9.47 Å². The van der Waals surface area contributed by atoms with E-state index >= 15 is 0 Å². The highest BCUT2D eigenvalue weighted by molar-refractivity contribution is 5.68. The second-order valence-corrected chi connectivity index (χ2v) is 7.90. The van der Waals surface area contributed by atoms with Crippen LogP contribution < -0.4 is 0 Å². The van der Waals surface area contributed by atoms with Gasteiger partial charge in [-0.3, -0.25) is 4.90 Å². The molecule has 2 aromatic rings. The van der Waals surface area contributed by atoms with Gasteiger partial charge in [-0.15, -0.1) is 0 Å². The summed E-state index contributed by atoms with van der Waals surface area (Å²) in [4.78, 5) is 2.72. The highest BCUT2D eigenvalue weighted by atomic mass is 16.7. The Morgan fingerprint density at radius 2 is 1.67 bits per heavy atom. The largest absolute Gasteiger partial charge is 0.346 e. The standard InChI is InChI=1S/C24H27NO2/c1-2-5-18(6-3-1)17-25-22-7-4-8-23(25)16-21(15-22)19-9-11-20(12-10-19)24-26-13-14-27-24/h1-3,5-6,9-12,15,22-24H,4,7-8,13-14,16-17H2. The minimum Gasteiger partial charge on any atom is -0.346 e. The summed E-state index contributed by atoms with van der Waals surface area (Å²) in [6.07, 6.45) is 7.42. The number of rotatable bonds is 4. The summed E-state index contributed by atoms with van der Waals surface area (Å²) in [7, 11) is 0. The second-order valence-electron chi connectivity index (χ2n) is 7.90. The Balaban J connectivity index is 1.35. The molecule has 27 heavy (non-hydrogen) atoms. The maximum absolute atomic E-state index is 5.61. The third kappa shape index (κ3) is 3.60. The first-order chi connectivity index (χ1) is 13.4. The smallest absolute Gasteiger partial charge is 0.184 e. The van der Waals surface area contributed by atoms with Gasteiger partial charge >= 0.3 is 0 Å². The SMILES string of the molecule is C1=C(c2ccc(C3OCCO3)cc2)CC2CCCC1N2Cc1ccccc1. The molecule has 2 unspecified atom stereocenters. The fourth-order valence-corrected chi connectivity index (χ4v) is 4.78. The van der Waals surface area contributed by atoms with Gasteiger partial charge in [-0.25, -0.2) is 0 Å². The van der Waals surface area contributed by atoms with E-state index in [0.29, 0.717) is 25.3 Å². The third-order valence-electron chi connectivity index (χ3n) is 6.16. The molecule has 2 fully saturated rings. The van der Waals surface area contributed by atoms with E-state index in [1.807, 2.05) is 0 Å². The lowest BCUT2D eigenvalue weighted by Gasteiger charge is -2.45. The monoisotopic (exact) mass is 361 g/mol. The molecule has 0 amide bonds. The van der Waals surface area contributed by atoms with Gasteiger partial charge < -0.3 is 9.47 Å². The molecule has 5 rings (SSSR count). The number of hydrogen-bond donors (Lipinski definition) is 0. The van der Waals surface area contributed by atoms with Crippen LogP contribution in [0, 0.1) is 0 Å². The first-order valence-electron chi connectivity index (χ1n) is 10.2. The van der Waals surface area contributed by atoms with Crippen molar-refractivity contribution < 1.29 is 9.47 Å². The Bertz CT molecular complexity index is 793. The number of benzene rings is 2. The summed E-state index contributed by atoms with van der Waals surface area (Å²) in [6.45, 7) is 2.45. The van der Waals surface area contributed by atoms with Crippen molar-refractivity contribution in [2.24, 2.45) is 0 Å². The van der Waals surface area contributed by atoms with Gasteiger partial charge in [0.1, 0.15) is 0 Å². The van der Waals surface area contributed by atoms with E-state index in [-0.39, 0.29) is 6.29 Å². The number of hydrogen-bond acceptors (Lipinski definition) is 3. The van der Waals surface area contributed by atoms with Crippen LogP contribution in [0.1, 0.15) is 48.7 Å². The summed E-state index contributed by atoms with van der Waals surface area (Å²) in [5.41, 5.74) is 5.41. The molecule has 0 aliphatic carbocycles. The normalized spacial score (nSPS) is 26.1. The maximum Gasteiger partial charge on any atom is 0.184 e. The van der Waals surface area contributed by atoms with Gasteiger partial charge in [-0.05, 0) is 36.0 Å². The molecular weight excluding hydrogens is 334 g/mol. The lowest BCUT2D eigenvalue weighted by atomic mass is 9.82. The highest BCUT2D eigenvalue weighted by Gasteiger charge is 2.34. The van der Waals surface area contributed by atoms with Crippen molar-refractivity contribution in [2.45, 2.75) is 50.6 Å². The van der Waals surface area contributed by atoms with Crippen molar-refractivity contribution >= 4 is 5.57 Å². The van der Waals surface area contributed by atoms with Crippen molar-refractivity contribution in [1.82, 2.24) is 4.90 Å². The Hall–Kier alpha value is -1.94. The predicted octanol–water partition coefficient (Wildman–Crippen LogP) is 4.94. The molecule has 2 bridgehead atoms. The predicted molar refractivity (Wildman–Crippen MR) is 107 cm³/mol. The summed E-state index contributed by atoms with van der Waals surface area (Å²) in [5, 5.41) is 0. The van der Waals surface area contributed by atoms with Crippen LogP contribution in [0.5, 0.6) is 0 Å². The molecule has 2 atom stereocenters. The van der Waals surface area contributed by atoms with Crippen LogP contribution in [0.2, 0.25) is 0 Å². The van der Waals surface area contributed by atoms with Crippen LogP contribution in [0.25, 0.3) is 5.57 Å². The first kappa shape index (κ1) is 17.2. The van der Waals surface area contributed by atoms with Crippen molar-refractivity contribution in [2.75, 3.05) is 13.2 Å².